The first-order valence-electron chi connectivity index (χ1n) is 7.71. The Morgan fingerprint density at radius 1 is 1.12 bits per heavy atom. The standard InChI is InChI=1S/C19H18ClNO3/c1-21(11-13-4-3-5-15(20)8-13)12-14-9-19(22)24-18-10-16(23-2)6-7-17(14)18/h3-10H,11-12H2,1-2H3/p+1. The molecular weight excluding hydrogens is 326 g/mol. The van der Waals surface area contributed by atoms with Crippen molar-refractivity contribution in [3.63, 3.8) is 0 Å². The smallest absolute Gasteiger partial charge is 0.336 e. The van der Waals surface area contributed by atoms with E-state index < -0.39 is 0 Å². The van der Waals surface area contributed by atoms with E-state index in [2.05, 4.69) is 13.1 Å². The molecular formula is C19H19ClNO3+. The van der Waals surface area contributed by atoms with Gasteiger partial charge in [0.15, 0.2) is 0 Å². The summed E-state index contributed by atoms with van der Waals surface area (Å²) in [6, 6.07) is 14.9. The molecule has 0 bridgehead atoms. The molecule has 1 aromatic heterocycles. The van der Waals surface area contributed by atoms with Crippen molar-refractivity contribution < 1.29 is 14.1 Å². The molecule has 0 saturated heterocycles. The highest BCUT2D eigenvalue weighted by Gasteiger charge is 2.12. The second-order valence-electron chi connectivity index (χ2n) is 5.89. The molecule has 0 spiro atoms. The summed E-state index contributed by atoms with van der Waals surface area (Å²) in [6.07, 6.45) is 0. The van der Waals surface area contributed by atoms with Gasteiger partial charge < -0.3 is 14.1 Å². The number of hydrogen-bond acceptors (Lipinski definition) is 3. The molecule has 1 heterocycles. The lowest BCUT2D eigenvalue weighted by Gasteiger charge is -2.15. The lowest BCUT2D eigenvalue weighted by molar-refractivity contribution is -0.907. The molecule has 0 fully saturated rings. The van der Waals surface area contributed by atoms with Gasteiger partial charge in [0, 0.05) is 33.7 Å². The van der Waals surface area contributed by atoms with Crippen LogP contribution >= 0.6 is 11.6 Å². The topological polar surface area (TPSA) is 43.9 Å². The van der Waals surface area contributed by atoms with E-state index in [-0.39, 0.29) is 5.63 Å². The molecule has 124 valence electrons. The van der Waals surface area contributed by atoms with E-state index in [0.29, 0.717) is 17.9 Å². The number of methoxy groups -OCH3 is 1. The average molecular weight is 345 g/mol. The van der Waals surface area contributed by atoms with Gasteiger partial charge in [-0.1, -0.05) is 23.7 Å². The molecule has 4 nitrogen and oxygen atoms in total. The van der Waals surface area contributed by atoms with Crippen molar-refractivity contribution in [1.29, 1.82) is 0 Å². The first kappa shape index (κ1) is 16.6. The van der Waals surface area contributed by atoms with Crippen LogP contribution in [0.3, 0.4) is 0 Å². The van der Waals surface area contributed by atoms with Crippen LogP contribution in [0.1, 0.15) is 11.1 Å². The maximum atomic E-state index is 11.9. The quantitative estimate of drug-likeness (QED) is 0.724. The molecule has 2 aromatic carbocycles. The summed E-state index contributed by atoms with van der Waals surface area (Å²) < 4.78 is 10.5. The normalized spacial score (nSPS) is 12.3. The molecule has 5 heteroatoms. The van der Waals surface area contributed by atoms with Crippen molar-refractivity contribution in [3.8, 4) is 5.75 Å². The van der Waals surface area contributed by atoms with Gasteiger partial charge in [-0.05, 0) is 24.3 Å². The fourth-order valence-corrected chi connectivity index (χ4v) is 3.08. The molecule has 1 atom stereocenters. The van der Waals surface area contributed by atoms with Gasteiger partial charge >= 0.3 is 5.63 Å². The predicted molar refractivity (Wildman–Crippen MR) is 94.8 cm³/mol. The van der Waals surface area contributed by atoms with Crippen molar-refractivity contribution in [2.45, 2.75) is 13.1 Å². The summed E-state index contributed by atoms with van der Waals surface area (Å²) >= 11 is 6.04. The van der Waals surface area contributed by atoms with Gasteiger partial charge in [0.25, 0.3) is 0 Å². The third-order valence-electron chi connectivity index (χ3n) is 3.92. The Morgan fingerprint density at radius 3 is 2.71 bits per heavy atom. The van der Waals surface area contributed by atoms with Crippen molar-refractivity contribution in [1.82, 2.24) is 0 Å². The Hall–Kier alpha value is -2.30. The summed E-state index contributed by atoms with van der Waals surface area (Å²) in [5, 5.41) is 1.67. The average Bonchev–Trinajstić information content (AvgIpc) is 2.53. The minimum Gasteiger partial charge on any atom is -0.497 e. The number of benzene rings is 2. The van der Waals surface area contributed by atoms with Gasteiger partial charge in [-0.15, -0.1) is 0 Å². The van der Waals surface area contributed by atoms with Gasteiger partial charge in [0.2, 0.25) is 0 Å². The molecule has 1 N–H and O–H groups in total. The van der Waals surface area contributed by atoms with E-state index in [4.69, 9.17) is 20.8 Å². The number of rotatable bonds is 5. The second-order valence-corrected chi connectivity index (χ2v) is 6.33. The van der Waals surface area contributed by atoms with Crippen LogP contribution in [0.5, 0.6) is 5.75 Å². The maximum Gasteiger partial charge on any atom is 0.336 e. The number of quaternary nitrogens is 1. The highest BCUT2D eigenvalue weighted by molar-refractivity contribution is 6.30. The zero-order valence-corrected chi connectivity index (χ0v) is 14.4. The first-order chi connectivity index (χ1) is 11.5. The maximum absolute atomic E-state index is 11.9. The molecule has 0 amide bonds. The van der Waals surface area contributed by atoms with Gasteiger partial charge in [-0.3, -0.25) is 0 Å². The van der Waals surface area contributed by atoms with E-state index in [0.717, 1.165) is 28.1 Å². The zero-order valence-electron chi connectivity index (χ0n) is 13.6. The van der Waals surface area contributed by atoms with E-state index >= 15 is 0 Å². The minimum atomic E-state index is -0.346. The van der Waals surface area contributed by atoms with Crippen LogP contribution < -0.4 is 15.3 Å². The van der Waals surface area contributed by atoms with E-state index in [1.807, 2.05) is 30.3 Å². The summed E-state index contributed by atoms with van der Waals surface area (Å²) in [4.78, 5) is 13.1. The second kappa shape index (κ2) is 7.07. The molecule has 0 aliphatic heterocycles. The fraction of sp³-hybridized carbons (Fsp3) is 0.211. The van der Waals surface area contributed by atoms with Crippen LogP contribution in [0.2, 0.25) is 5.02 Å². The van der Waals surface area contributed by atoms with Crippen molar-refractivity contribution in [3.05, 3.63) is 75.1 Å². The molecule has 0 saturated carbocycles. The van der Waals surface area contributed by atoms with E-state index in [9.17, 15) is 4.79 Å². The highest BCUT2D eigenvalue weighted by Crippen LogP contribution is 2.22. The third-order valence-corrected chi connectivity index (χ3v) is 4.16. The van der Waals surface area contributed by atoms with Crippen LogP contribution in [-0.4, -0.2) is 14.2 Å². The molecule has 24 heavy (non-hydrogen) atoms. The lowest BCUT2D eigenvalue weighted by Crippen LogP contribution is -3.06. The molecule has 1 unspecified atom stereocenters. The Bertz CT molecular complexity index is 920. The fourth-order valence-electron chi connectivity index (χ4n) is 2.87. The van der Waals surface area contributed by atoms with Crippen molar-refractivity contribution in [2.24, 2.45) is 0 Å². The van der Waals surface area contributed by atoms with Crippen LogP contribution in [0.4, 0.5) is 0 Å². The number of hydrogen-bond donors (Lipinski definition) is 1. The number of halogens is 1. The lowest BCUT2D eigenvalue weighted by atomic mass is 10.1. The number of nitrogens with one attached hydrogen (secondary N) is 1. The van der Waals surface area contributed by atoms with Gasteiger partial charge in [-0.2, -0.15) is 0 Å². The van der Waals surface area contributed by atoms with Crippen LogP contribution in [0.25, 0.3) is 11.0 Å². The SMILES string of the molecule is COc1ccc2c(C[NH+](C)Cc3cccc(Cl)c3)cc(=O)oc2c1. The van der Waals surface area contributed by atoms with Crippen LogP contribution in [-0.2, 0) is 13.1 Å². The number of ether oxygens (including phenoxy) is 1. The van der Waals surface area contributed by atoms with E-state index in [1.165, 1.54) is 4.90 Å². The predicted octanol–water partition coefficient (Wildman–Crippen LogP) is 2.67. The summed E-state index contributed by atoms with van der Waals surface area (Å²) in [6.45, 7) is 1.53. The third kappa shape index (κ3) is 3.78. The summed E-state index contributed by atoms with van der Waals surface area (Å²) in [5.41, 5.74) is 2.33. The minimum absolute atomic E-state index is 0.346. The summed E-state index contributed by atoms with van der Waals surface area (Å²) in [5.74, 6) is 0.669. The Morgan fingerprint density at radius 2 is 1.96 bits per heavy atom. The Labute approximate surface area is 145 Å². The molecule has 3 rings (SSSR count). The molecule has 0 aliphatic carbocycles. The molecule has 0 radical (unpaired) electrons. The van der Waals surface area contributed by atoms with Crippen LogP contribution in [0, 0.1) is 0 Å². The van der Waals surface area contributed by atoms with Gasteiger partial charge in [0.1, 0.15) is 24.4 Å². The Kier molecular flexibility index (Phi) is 4.88. The molecule has 3 aromatic rings. The van der Waals surface area contributed by atoms with Gasteiger partial charge in [0.05, 0.1) is 14.2 Å². The number of fused-ring (bicyclic) bond motifs is 1. The molecule has 0 aliphatic rings. The van der Waals surface area contributed by atoms with Gasteiger partial charge in [-0.25, -0.2) is 4.79 Å². The highest BCUT2D eigenvalue weighted by atomic mass is 35.5. The first-order valence-corrected chi connectivity index (χ1v) is 8.09. The largest absolute Gasteiger partial charge is 0.497 e. The van der Waals surface area contributed by atoms with E-state index in [1.54, 1.807) is 19.2 Å². The van der Waals surface area contributed by atoms with Crippen molar-refractivity contribution in [2.75, 3.05) is 14.2 Å². The monoisotopic (exact) mass is 344 g/mol. The summed E-state index contributed by atoms with van der Waals surface area (Å²) in [7, 11) is 3.68. The van der Waals surface area contributed by atoms with Crippen LogP contribution in [0.15, 0.2) is 57.7 Å². The zero-order chi connectivity index (χ0) is 17.1. The Balaban J connectivity index is 1.87. The van der Waals surface area contributed by atoms with Crippen molar-refractivity contribution >= 4 is 22.6 Å².